The minimum Gasteiger partial charge on any atom is -0.497 e. The number of methoxy groups -OCH3 is 1. The summed E-state index contributed by atoms with van der Waals surface area (Å²) in [7, 11) is 1.61. The summed E-state index contributed by atoms with van der Waals surface area (Å²) in [5.41, 5.74) is 3.03. The number of alkyl halides is 1. The van der Waals surface area contributed by atoms with Crippen molar-refractivity contribution in [2.24, 2.45) is 0 Å². The molecule has 0 aromatic heterocycles. The lowest BCUT2D eigenvalue weighted by molar-refractivity contribution is -0.120. The molecule has 0 heterocycles. The molecule has 0 fully saturated rings. The number of hydrogen-bond donors (Lipinski definition) is 1. The van der Waals surface area contributed by atoms with E-state index in [9.17, 15) is 4.79 Å². The van der Waals surface area contributed by atoms with Crippen LogP contribution in [0.3, 0.4) is 0 Å². The summed E-state index contributed by atoms with van der Waals surface area (Å²) in [6.07, 6.45) is 0.340. The molecule has 0 spiro atoms. The van der Waals surface area contributed by atoms with Gasteiger partial charge in [-0.3, -0.25) is 4.79 Å². The van der Waals surface area contributed by atoms with E-state index >= 15 is 0 Å². The normalized spacial score (nSPS) is 10.2. The molecule has 2 aromatic carbocycles. The first kappa shape index (κ1) is 15.4. The number of carbonyl (C=O) groups is 1. The second kappa shape index (κ2) is 7.70. The van der Waals surface area contributed by atoms with E-state index in [1.165, 1.54) is 0 Å². The summed E-state index contributed by atoms with van der Waals surface area (Å²) < 4.78 is 5.15. The number of carbonyl (C=O) groups excluding carboxylic acids is 1. The molecular weight excluding hydrogens is 286 g/mol. The fraction of sp³-hybridized carbons (Fsp3) is 0.235. The number of amides is 1. The standard InChI is InChI=1S/C17H18ClNO2/c1-21-16-7-3-4-13(9-16)10-17(20)19-12-15-6-2-5-14(8-15)11-18/h2-9H,10-12H2,1H3,(H,19,20). The second-order valence-electron chi connectivity index (χ2n) is 4.76. The highest BCUT2D eigenvalue weighted by Crippen LogP contribution is 2.13. The molecule has 0 radical (unpaired) electrons. The van der Waals surface area contributed by atoms with Gasteiger partial charge in [-0.1, -0.05) is 36.4 Å². The van der Waals surface area contributed by atoms with E-state index in [1.54, 1.807) is 7.11 Å². The van der Waals surface area contributed by atoms with Crippen molar-refractivity contribution in [3.63, 3.8) is 0 Å². The van der Waals surface area contributed by atoms with Gasteiger partial charge in [0.05, 0.1) is 13.5 Å². The van der Waals surface area contributed by atoms with E-state index in [2.05, 4.69) is 5.32 Å². The number of rotatable bonds is 6. The van der Waals surface area contributed by atoms with E-state index in [4.69, 9.17) is 16.3 Å². The van der Waals surface area contributed by atoms with Crippen LogP contribution in [0.1, 0.15) is 16.7 Å². The molecule has 0 aliphatic heterocycles. The van der Waals surface area contributed by atoms with Gasteiger partial charge in [0.1, 0.15) is 5.75 Å². The predicted octanol–water partition coefficient (Wildman–Crippen LogP) is 3.29. The predicted molar refractivity (Wildman–Crippen MR) is 84.5 cm³/mol. The zero-order valence-corrected chi connectivity index (χ0v) is 12.7. The van der Waals surface area contributed by atoms with Gasteiger partial charge in [-0.25, -0.2) is 0 Å². The average Bonchev–Trinajstić information content (AvgIpc) is 2.53. The highest BCUT2D eigenvalue weighted by atomic mass is 35.5. The van der Waals surface area contributed by atoms with Gasteiger partial charge in [-0.05, 0) is 28.8 Å². The molecule has 0 saturated heterocycles. The van der Waals surface area contributed by atoms with Crippen LogP contribution in [0.15, 0.2) is 48.5 Å². The lowest BCUT2D eigenvalue weighted by Gasteiger charge is -2.07. The van der Waals surface area contributed by atoms with Crippen molar-refractivity contribution >= 4 is 17.5 Å². The van der Waals surface area contributed by atoms with E-state index in [0.29, 0.717) is 18.8 Å². The maximum absolute atomic E-state index is 12.0. The van der Waals surface area contributed by atoms with E-state index in [-0.39, 0.29) is 5.91 Å². The van der Waals surface area contributed by atoms with Crippen molar-refractivity contribution < 1.29 is 9.53 Å². The zero-order chi connectivity index (χ0) is 15.1. The van der Waals surface area contributed by atoms with Crippen LogP contribution >= 0.6 is 11.6 Å². The maximum atomic E-state index is 12.0. The molecule has 21 heavy (non-hydrogen) atoms. The van der Waals surface area contributed by atoms with Crippen molar-refractivity contribution in [1.82, 2.24) is 5.32 Å². The third-order valence-electron chi connectivity index (χ3n) is 3.13. The Morgan fingerprint density at radius 1 is 1.10 bits per heavy atom. The Morgan fingerprint density at radius 3 is 2.57 bits per heavy atom. The highest BCUT2D eigenvalue weighted by Gasteiger charge is 2.04. The van der Waals surface area contributed by atoms with Crippen molar-refractivity contribution in [3.05, 3.63) is 65.2 Å². The van der Waals surface area contributed by atoms with Crippen LogP contribution in [-0.2, 0) is 23.6 Å². The third-order valence-corrected chi connectivity index (χ3v) is 3.44. The Balaban J connectivity index is 1.89. The van der Waals surface area contributed by atoms with Gasteiger partial charge < -0.3 is 10.1 Å². The largest absolute Gasteiger partial charge is 0.497 e. The summed E-state index contributed by atoms with van der Waals surface area (Å²) in [4.78, 5) is 12.0. The topological polar surface area (TPSA) is 38.3 Å². The van der Waals surface area contributed by atoms with Crippen molar-refractivity contribution in [1.29, 1.82) is 0 Å². The fourth-order valence-electron chi connectivity index (χ4n) is 2.05. The monoisotopic (exact) mass is 303 g/mol. The van der Waals surface area contributed by atoms with Crippen LogP contribution in [0.5, 0.6) is 5.75 Å². The first-order valence-electron chi connectivity index (χ1n) is 6.74. The van der Waals surface area contributed by atoms with Crippen LogP contribution in [0.25, 0.3) is 0 Å². The van der Waals surface area contributed by atoms with Crippen LogP contribution in [0.2, 0.25) is 0 Å². The minimum atomic E-state index is -0.0143. The summed E-state index contributed by atoms with van der Waals surface area (Å²) in [5.74, 6) is 1.22. The number of hydrogen-bond acceptors (Lipinski definition) is 2. The summed E-state index contributed by atoms with van der Waals surface area (Å²) in [6.45, 7) is 0.507. The minimum absolute atomic E-state index is 0.0143. The van der Waals surface area contributed by atoms with Gasteiger partial charge in [0.25, 0.3) is 0 Å². The Morgan fingerprint density at radius 2 is 1.81 bits per heavy atom. The van der Waals surface area contributed by atoms with Gasteiger partial charge in [0.15, 0.2) is 0 Å². The van der Waals surface area contributed by atoms with E-state index in [1.807, 2.05) is 48.5 Å². The molecule has 1 amide bonds. The van der Waals surface area contributed by atoms with E-state index < -0.39 is 0 Å². The maximum Gasteiger partial charge on any atom is 0.224 e. The Hall–Kier alpha value is -2.00. The average molecular weight is 304 g/mol. The zero-order valence-electron chi connectivity index (χ0n) is 11.9. The summed E-state index contributed by atoms with van der Waals surface area (Å²) in [5, 5.41) is 2.91. The SMILES string of the molecule is COc1cccc(CC(=O)NCc2cccc(CCl)c2)c1. The van der Waals surface area contributed by atoms with E-state index in [0.717, 1.165) is 22.4 Å². The van der Waals surface area contributed by atoms with Gasteiger partial charge in [-0.2, -0.15) is 0 Å². The quantitative estimate of drug-likeness (QED) is 0.832. The summed E-state index contributed by atoms with van der Waals surface area (Å²) >= 11 is 5.80. The summed E-state index contributed by atoms with van der Waals surface area (Å²) in [6, 6.07) is 15.4. The number of ether oxygens (including phenoxy) is 1. The lowest BCUT2D eigenvalue weighted by atomic mass is 10.1. The van der Waals surface area contributed by atoms with Crippen LogP contribution < -0.4 is 10.1 Å². The molecule has 0 atom stereocenters. The van der Waals surface area contributed by atoms with Gasteiger partial charge in [0, 0.05) is 12.4 Å². The second-order valence-corrected chi connectivity index (χ2v) is 5.03. The molecule has 0 unspecified atom stereocenters. The van der Waals surface area contributed by atoms with Crippen LogP contribution in [-0.4, -0.2) is 13.0 Å². The first-order chi connectivity index (χ1) is 10.2. The molecule has 0 bridgehead atoms. The molecule has 3 nitrogen and oxygen atoms in total. The van der Waals surface area contributed by atoms with Crippen molar-refractivity contribution in [2.75, 3.05) is 7.11 Å². The molecule has 4 heteroatoms. The van der Waals surface area contributed by atoms with Gasteiger partial charge in [0.2, 0.25) is 5.91 Å². The Labute approximate surface area is 129 Å². The van der Waals surface area contributed by atoms with Crippen LogP contribution in [0.4, 0.5) is 0 Å². The van der Waals surface area contributed by atoms with Gasteiger partial charge in [-0.15, -0.1) is 11.6 Å². The number of halogens is 1. The lowest BCUT2D eigenvalue weighted by Crippen LogP contribution is -2.24. The first-order valence-corrected chi connectivity index (χ1v) is 7.28. The molecule has 0 saturated carbocycles. The van der Waals surface area contributed by atoms with Gasteiger partial charge >= 0.3 is 0 Å². The third kappa shape index (κ3) is 4.80. The van der Waals surface area contributed by atoms with Crippen molar-refractivity contribution in [2.45, 2.75) is 18.8 Å². The van der Waals surface area contributed by atoms with Crippen molar-refractivity contribution in [3.8, 4) is 5.75 Å². The highest BCUT2D eigenvalue weighted by molar-refractivity contribution is 6.17. The molecular formula is C17H18ClNO2. The molecule has 0 aliphatic carbocycles. The fourth-order valence-corrected chi connectivity index (χ4v) is 2.22. The molecule has 0 aliphatic rings. The Kier molecular flexibility index (Phi) is 5.64. The molecule has 110 valence electrons. The van der Waals surface area contributed by atoms with Crippen LogP contribution in [0, 0.1) is 0 Å². The number of nitrogens with one attached hydrogen (secondary N) is 1. The Bertz CT molecular complexity index is 613. The molecule has 2 aromatic rings. The smallest absolute Gasteiger partial charge is 0.224 e. The molecule has 2 rings (SSSR count). The molecule has 1 N–H and O–H groups in total. The number of benzene rings is 2.